The van der Waals surface area contributed by atoms with Gasteiger partial charge < -0.3 is 5.32 Å². The molecule has 1 aliphatic rings. The molecule has 0 saturated heterocycles. The molecule has 1 N–H and O–H groups in total. The van der Waals surface area contributed by atoms with Crippen molar-refractivity contribution in [2.24, 2.45) is 0 Å². The van der Waals surface area contributed by atoms with Crippen LogP contribution in [-0.2, 0) is 4.79 Å². The molecule has 0 bridgehead atoms. The highest BCUT2D eigenvalue weighted by Crippen LogP contribution is 2.36. The molecule has 0 unspecified atom stereocenters. The summed E-state index contributed by atoms with van der Waals surface area (Å²) in [6, 6.07) is 17.6. The van der Waals surface area contributed by atoms with Crippen molar-refractivity contribution in [1.29, 1.82) is 0 Å². The van der Waals surface area contributed by atoms with E-state index in [-0.39, 0.29) is 24.4 Å². The quantitative estimate of drug-likeness (QED) is 0.756. The first kappa shape index (κ1) is 17.3. The predicted octanol–water partition coefficient (Wildman–Crippen LogP) is 4.29. The summed E-state index contributed by atoms with van der Waals surface area (Å²) in [5, 5.41) is 4.97. The molecule has 0 aromatic heterocycles. The second-order valence-electron chi connectivity index (χ2n) is 7.21. The fourth-order valence-electron chi connectivity index (χ4n) is 3.68. The van der Waals surface area contributed by atoms with Gasteiger partial charge in [0, 0.05) is 10.9 Å². The Balaban J connectivity index is 1.53. The van der Waals surface area contributed by atoms with Gasteiger partial charge in [0.05, 0.1) is 11.7 Å². The largest absolute Gasteiger partial charge is 0.348 e. The van der Waals surface area contributed by atoms with E-state index in [2.05, 4.69) is 31.3 Å². The lowest BCUT2D eigenvalue weighted by Crippen LogP contribution is -2.39. The van der Waals surface area contributed by atoms with Crippen LogP contribution in [0.2, 0.25) is 0 Å². The molecule has 1 heterocycles. The molecule has 1 atom stereocenters. The summed E-state index contributed by atoms with van der Waals surface area (Å²) in [6.45, 7) is 6.11. The zero-order chi connectivity index (χ0) is 19.1. The molecule has 0 saturated carbocycles. The molecule has 4 rings (SSSR count). The third-order valence-electron chi connectivity index (χ3n) is 5.36. The second-order valence-corrected chi connectivity index (χ2v) is 7.21. The molecule has 3 aromatic carbocycles. The molecule has 0 fully saturated rings. The first-order valence-corrected chi connectivity index (χ1v) is 9.16. The zero-order valence-corrected chi connectivity index (χ0v) is 15.7. The molecular weight excluding hydrogens is 336 g/mol. The topological polar surface area (TPSA) is 49.4 Å². The minimum Gasteiger partial charge on any atom is -0.348 e. The number of anilines is 1. The Labute approximate surface area is 158 Å². The lowest BCUT2D eigenvalue weighted by atomic mass is 10.0. The van der Waals surface area contributed by atoms with E-state index in [4.69, 9.17) is 0 Å². The number of carbonyl (C=O) groups is 2. The Kier molecular flexibility index (Phi) is 4.19. The molecule has 1 aliphatic heterocycles. The van der Waals surface area contributed by atoms with Gasteiger partial charge in [0.15, 0.2) is 0 Å². The summed E-state index contributed by atoms with van der Waals surface area (Å²) in [5.74, 6) is -0.283. The molecular formula is C23H22N2O2. The van der Waals surface area contributed by atoms with E-state index in [1.54, 1.807) is 4.90 Å². The van der Waals surface area contributed by atoms with Gasteiger partial charge >= 0.3 is 0 Å². The van der Waals surface area contributed by atoms with Crippen molar-refractivity contribution in [3.05, 3.63) is 76.9 Å². The van der Waals surface area contributed by atoms with E-state index < -0.39 is 0 Å². The van der Waals surface area contributed by atoms with Gasteiger partial charge in [0.2, 0.25) is 5.91 Å². The Morgan fingerprint density at radius 2 is 1.78 bits per heavy atom. The molecule has 27 heavy (non-hydrogen) atoms. The Morgan fingerprint density at radius 1 is 1.04 bits per heavy atom. The first-order chi connectivity index (χ1) is 13.0. The molecule has 4 heteroatoms. The summed E-state index contributed by atoms with van der Waals surface area (Å²) in [7, 11) is 0. The van der Waals surface area contributed by atoms with Crippen molar-refractivity contribution >= 4 is 28.3 Å². The summed E-state index contributed by atoms with van der Waals surface area (Å²) in [5.41, 5.74) is 4.96. The van der Waals surface area contributed by atoms with Crippen LogP contribution in [0.15, 0.2) is 54.6 Å². The Hall–Kier alpha value is -3.14. The maximum atomic E-state index is 12.8. The molecule has 0 aliphatic carbocycles. The van der Waals surface area contributed by atoms with Crippen LogP contribution in [0.3, 0.4) is 0 Å². The number of nitrogens with zero attached hydrogens (tertiary/aromatic N) is 1. The fourth-order valence-corrected chi connectivity index (χ4v) is 3.68. The van der Waals surface area contributed by atoms with E-state index in [0.717, 1.165) is 22.0 Å². The number of carbonyl (C=O) groups excluding carboxylic acids is 2. The van der Waals surface area contributed by atoms with Crippen LogP contribution in [0.1, 0.15) is 40.0 Å². The van der Waals surface area contributed by atoms with Crippen LogP contribution < -0.4 is 10.2 Å². The normalized spacial score (nSPS) is 13.9. The van der Waals surface area contributed by atoms with E-state index in [9.17, 15) is 9.59 Å². The lowest BCUT2D eigenvalue weighted by Gasteiger charge is -2.20. The maximum absolute atomic E-state index is 12.8. The highest BCUT2D eigenvalue weighted by atomic mass is 16.2. The average molecular weight is 358 g/mol. The molecule has 0 spiro atoms. The van der Waals surface area contributed by atoms with Gasteiger partial charge in [0.25, 0.3) is 5.91 Å². The number of hydrogen-bond acceptors (Lipinski definition) is 2. The summed E-state index contributed by atoms with van der Waals surface area (Å²) >= 11 is 0. The predicted molar refractivity (Wildman–Crippen MR) is 108 cm³/mol. The number of amides is 2. The van der Waals surface area contributed by atoms with Crippen molar-refractivity contribution in [3.8, 4) is 0 Å². The van der Waals surface area contributed by atoms with Gasteiger partial charge in [-0.2, -0.15) is 0 Å². The van der Waals surface area contributed by atoms with Crippen molar-refractivity contribution in [2.45, 2.75) is 26.8 Å². The Bertz CT molecular complexity index is 1070. The van der Waals surface area contributed by atoms with E-state index in [1.807, 2.05) is 49.4 Å². The fraction of sp³-hybridized carbons (Fsp3) is 0.217. The van der Waals surface area contributed by atoms with Crippen molar-refractivity contribution in [3.63, 3.8) is 0 Å². The van der Waals surface area contributed by atoms with E-state index in [1.165, 1.54) is 11.1 Å². The number of benzene rings is 3. The number of aryl methyl sites for hydroxylation is 2. The maximum Gasteiger partial charge on any atom is 0.259 e. The minimum atomic E-state index is -0.168. The third kappa shape index (κ3) is 2.97. The average Bonchev–Trinajstić information content (AvgIpc) is 2.92. The van der Waals surface area contributed by atoms with Crippen LogP contribution in [0.4, 0.5) is 5.69 Å². The molecule has 4 nitrogen and oxygen atoms in total. The lowest BCUT2D eigenvalue weighted by molar-refractivity contribution is -0.120. The van der Waals surface area contributed by atoms with Crippen LogP contribution in [-0.4, -0.2) is 18.4 Å². The minimum absolute atomic E-state index is 0.0157. The van der Waals surface area contributed by atoms with E-state index in [0.29, 0.717) is 5.56 Å². The number of hydrogen-bond donors (Lipinski definition) is 1. The SMILES string of the molecule is Cc1ccc([C@H](C)NC(=O)CN2C(=O)c3cccc4cccc2c34)cc1C. The van der Waals surface area contributed by atoms with Crippen LogP contribution in [0, 0.1) is 13.8 Å². The van der Waals surface area contributed by atoms with Gasteiger partial charge in [-0.05, 0) is 55.0 Å². The highest BCUT2D eigenvalue weighted by molar-refractivity contribution is 6.26. The monoisotopic (exact) mass is 358 g/mol. The van der Waals surface area contributed by atoms with Crippen LogP contribution in [0.5, 0.6) is 0 Å². The molecule has 3 aromatic rings. The molecule has 2 amide bonds. The number of rotatable bonds is 4. The summed E-state index contributed by atoms with van der Waals surface area (Å²) in [4.78, 5) is 27.0. The van der Waals surface area contributed by atoms with Gasteiger partial charge in [0.1, 0.15) is 6.54 Å². The van der Waals surface area contributed by atoms with Gasteiger partial charge in [-0.15, -0.1) is 0 Å². The van der Waals surface area contributed by atoms with Gasteiger partial charge in [-0.1, -0.05) is 42.5 Å². The third-order valence-corrected chi connectivity index (χ3v) is 5.36. The van der Waals surface area contributed by atoms with E-state index >= 15 is 0 Å². The van der Waals surface area contributed by atoms with Crippen molar-refractivity contribution < 1.29 is 9.59 Å². The molecule has 0 radical (unpaired) electrons. The van der Waals surface area contributed by atoms with Gasteiger partial charge in [-0.3, -0.25) is 14.5 Å². The summed E-state index contributed by atoms with van der Waals surface area (Å²) in [6.07, 6.45) is 0. The van der Waals surface area contributed by atoms with Crippen LogP contribution >= 0.6 is 0 Å². The van der Waals surface area contributed by atoms with Crippen LogP contribution in [0.25, 0.3) is 10.8 Å². The van der Waals surface area contributed by atoms with Gasteiger partial charge in [-0.25, -0.2) is 0 Å². The highest BCUT2D eigenvalue weighted by Gasteiger charge is 2.31. The standard InChI is InChI=1S/C23H22N2O2/c1-14-10-11-18(12-15(14)2)16(3)24-21(26)13-25-20-9-5-7-17-6-4-8-19(22(17)20)23(25)27/h4-12,16H,13H2,1-3H3,(H,24,26)/t16-/m0/s1. The Morgan fingerprint density at radius 3 is 2.52 bits per heavy atom. The summed E-state index contributed by atoms with van der Waals surface area (Å²) < 4.78 is 0. The second kappa shape index (κ2) is 6.54. The smallest absolute Gasteiger partial charge is 0.259 e. The zero-order valence-electron chi connectivity index (χ0n) is 15.7. The first-order valence-electron chi connectivity index (χ1n) is 9.16. The van der Waals surface area contributed by atoms with Crippen molar-refractivity contribution in [2.75, 3.05) is 11.4 Å². The van der Waals surface area contributed by atoms with Crippen molar-refractivity contribution in [1.82, 2.24) is 5.32 Å². The number of nitrogens with one attached hydrogen (secondary N) is 1. The molecule has 136 valence electrons.